The molecule has 3 aromatic rings. The third-order valence-corrected chi connectivity index (χ3v) is 4.37. The summed E-state index contributed by atoms with van der Waals surface area (Å²) in [5, 5.41) is 11.8. The summed E-state index contributed by atoms with van der Waals surface area (Å²) in [6, 6.07) is 18.2. The van der Waals surface area contributed by atoms with Gasteiger partial charge in [-0.1, -0.05) is 72.3 Å². The lowest BCUT2D eigenvalue weighted by molar-refractivity contribution is -0.145. The standard InChI is InChI=1S/C21H20ClN3O4/c22-19-18(16-9-5-2-6-10-16)25(21(28)20(24-19)23-11-12-26)13-17(27)29-14-15-7-3-1-4-8-15/h1-10,26H,11-14H2,(H,23,24). The Morgan fingerprint density at radius 3 is 2.41 bits per heavy atom. The van der Waals surface area contributed by atoms with Crippen LogP contribution in [0.5, 0.6) is 0 Å². The number of anilines is 1. The number of nitrogens with zero attached hydrogens (tertiary/aromatic N) is 2. The highest BCUT2D eigenvalue weighted by molar-refractivity contribution is 6.32. The lowest BCUT2D eigenvalue weighted by atomic mass is 10.1. The Labute approximate surface area is 172 Å². The molecule has 3 rings (SSSR count). The Balaban J connectivity index is 1.92. The van der Waals surface area contributed by atoms with Gasteiger partial charge in [0, 0.05) is 12.1 Å². The molecule has 0 spiro atoms. The normalized spacial score (nSPS) is 10.6. The first-order valence-corrected chi connectivity index (χ1v) is 9.38. The molecule has 0 aliphatic rings. The van der Waals surface area contributed by atoms with Crippen molar-refractivity contribution in [3.05, 3.63) is 81.7 Å². The van der Waals surface area contributed by atoms with Gasteiger partial charge in [0.25, 0.3) is 5.56 Å². The van der Waals surface area contributed by atoms with Gasteiger partial charge in [0.05, 0.1) is 12.3 Å². The summed E-state index contributed by atoms with van der Waals surface area (Å²) in [6.45, 7) is -0.282. The van der Waals surface area contributed by atoms with Gasteiger partial charge in [-0.3, -0.25) is 14.2 Å². The second-order valence-corrected chi connectivity index (χ2v) is 6.51. The van der Waals surface area contributed by atoms with E-state index in [2.05, 4.69) is 10.3 Å². The number of nitrogens with one attached hydrogen (secondary N) is 1. The zero-order valence-electron chi connectivity index (χ0n) is 15.5. The van der Waals surface area contributed by atoms with Crippen molar-refractivity contribution in [2.45, 2.75) is 13.2 Å². The van der Waals surface area contributed by atoms with Crippen LogP contribution in [0.1, 0.15) is 5.56 Å². The van der Waals surface area contributed by atoms with Crippen LogP contribution in [0.25, 0.3) is 11.3 Å². The van der Waals surface area contributed by atoms with Crippen molar-refractivity contribution in [3.63, 3.8) is 0 Å². The molecule has 1 heterocycles. The van der Waals surface area contributed by atoms with Gasteiger partial charge in [-0.05, 0) is 5.56 Å². The molecule has 1 aromatic heterocycles. The lowest BCUT2D eigenvalue weighted by Gasteiger charge is -2.16. The number of aliphatic hydroxyl groups excluding tert-OH is 1. The average molecular weight is 414 g/mol. The molecule has 0 bridgehead atoms. The third-order valence-electron chi connectivity index (χ3n) is 4.10. The van der Waals surface area contributed by atoms with Gasteiger partial charge in [-0.2, -0.15) is 0 Å². The molecule has 150 valence electrons. The number of halogens is 1. The van der Waals surface area contributed by atoms with Crippen LogP contribution in [0.2, 0.25) is 5.15 Å². The number of carbonyl (C=O) groups is 1. The SMILES string of the molecule is O=C(Cn1c(-c2ccccc2)c(Cl)nc(NCCO)c1=O)OCc1ccccc1. The van der Waals surface area contributed by atoms with Crippen LogP contribution in [-0.4, -0.2) is 33.8 Å². The molecule has 0 atom stereocenters. The van der Waals surface area contributed by atoms with E-state index in [4.69, 9.17) is 21.4 Å². The fourth-order valence-electron chi connectivity index (χ4n) is 2.76. The number of benzene rings is 2. The predicted octanol–water partition coefficient (Wildman–Crippen LogP) is 2.71. The van der Waals surface area contributed by atoms with E-state index < -0.39 is 11.5 Å². The zero-order chi connectivity index (χ0) is 20.6. The molecule has 8 heteroatoms. The summed E-state index contributed by atoms with van der Waals surface area (Å²) in [7, 11) is 0. The van der Waals surface area contributed by atoms with E-state index in [-0.39, 0.29) is 37.3 Å². The number of hydrogen-bond acceptors (Lipinski definition) is 6. The van der Waals surface area contributed by atoms with E-state index >= 15 is 0 Å². The van der Waals surface area contributed by atoms with Crippen molar-refractivity contribution in [1.29, 1.82) is 0 Å². The van der Waals surface area contributed by atoms with Crippen molar-refractivity contribution < 1.29 is 14.6 Å². The van der Waals surface area contributed by atoms with Crippen LogP contribution < -0.4 is 10.9 Å². The van der Waals surface area contributed by atoms with Crippen LogP contribution in [-0.2, 0) is 22.7 Å². The smallest absolute Gasteiger partial charge is 0.326 e. The highest BCUT2D eigenvalue weighted by Gasteiger charge is 2.19. The van der Waals surface area contributed by atoms with Crippen molar-refractivity contribution in [3.8, 4) is 11.3 Å². The molecule has 0 aliphatic heterocycles. The fourth-order valence-corrected chi connectivity index (χ4v) is 3.06. The highest BCUT2D eigenvalue weighted by atomic mass is 35.5. The number of aliphatic hydroxyl groups is 1. The maximum absolute atomic E-state index is 12.9. The maximum atomic E-state index is 12.9. The molecule has 0 radical (unpaired) electrons. The van der Waals surface area contributed by atoms with Gasteiger partial charge < -0.3 is 15.2 Å². The van der Waals surface area contributed by atoms with Gasteiger partial charge in [-0.15, -0.1) is 0 Å². The number of carbonyl (C=O) groups excluding carboxylic acids is 1. The fraction of sp³-hybridized carbons (Fsp3) is 0.190. The Hall–Kier alpha value is -3.16. The van der Waals surface area contributed by atoms with Gasteiger partial charge in [0.2, 0.25) is 0 Å². The summed E-state index contributed by atoms with van der Waals surface area (Å²) in [5.74, 6) is -0.622. The molecular weight excluding hydrogens is 394 g/mol. The van der Waals surface area contributed by atoms with E-state index in [1.807, 2.05) is 36.4 Å². The molecule has 0 aliphatic carbocycles. The van der Waals surface area contributed by atoms with Crippen molar-refractivity contribution >= 4 is 23.4 Å². The molecule has 7 nitrogen and oxygen atoms in total. The summed E-state index contributed by atoms with van der Waals surface area (Å²) >= 11 is 6.35. The van der Waals surface area contributed by atoms with Gasteiger partial charge >= 0.3 is 5.97 Å². The van der Waals surface area contributed by atoms with Crippen LogP contribution in [0.15, 0.2) is 65.5 Å². The van der Waals surface area contributed by atoms with Crippen LogP contribution in [0.4, 0.5) is 5.82 Å². The average Bonchev–Trinajstić information content (AvgIpc) is 2.75. The summed E-state index contributed by atoms with van der Waals surface area (Å²) < 4.78 is 6.55. The molecule has 2 N–H and O–H groups in total. The maximum Gasteiger partial charge on any atom is 0.326 e. The van der Waals surface area contributed by atoms with Gasteiger partial charge in [0.1, 0.15) is 13.2 Å². The first-order chi connectivity index (χ1) is 14.1. The highest BCUT2D eigenvalue weighted by Crippen LogP contribution is 2.26. The van der Waals surface area contributed by atoms with Crippen LogP contribution in [0, 0.1) is 0 Å². The van der Waals surface area contributed by atoms with E-state index in [1.54, 1.807) is 24.3 Å². The first-order valence-electron chi connectivity index (χ1n) is 9.00. The number of esters is 1. The molecule has 2 aromatic carbocycles. The topological polar surface area (TPSA) is 93.5 Å². The Kier molecular flexibility index (Phi) is 6.99. The minimum Gasteiger partial charge on any atom is -0.459 e. The molecular formula is C21H20ClN3O4. The Bertz CT molecular complexity index is 1020. The number of ether oxygens (including phenoxy) is 1. The van der Waals surface area contributed by atoms with E-state index in [0.717, 1.165) is 5.56 Å². The number of hydrogen-bond donors (Lipinski definition) is 2. The Morgan fingerprint density at radius 1 is 1.10 bits per heavy atom. The quantitative estimate of drug-likeness (QED) is 0.551. The minimum atomic E-state index is -0.580. The second kappa shape index (κ2) is 9.86. The summed E-state index contributed by atoms with van der Waals surface area (Å²) in [4.78, 5) is 29.5. The van der Waals surface area contributed by atoms with Gasteiger partial charge in [-0.25, -0.2) is 4.98 Å². The zero-order valence-corrected chi connectivity index (χ0v) is 16.3. The Morgan fingerprint density at radius 2 is 1.76 bits per heavy atom. The van der Waals surface area contributed by atoms with E-state index in [9.17, 15) is 9.59 Å². The third kappa shape index (κ3) is 5.22. The van der Waals surface area contributed by atoms with Crippen LogP contribution >= 0.6 is 11.6 Å². The van der Waals surface area contributed by atoms with Crippen molar-refractivity contribution in [2.24, 2.45) is 0 Å². The van der Waals surface area contributed by atoms with Crippen molar-refractivity contribution in [1.82, 2.24) is 9.55 Å². The molecule has 0 amide bonds. The molecule has 0 saturated carbocycles. The summed E-state index contributed by atoms with van der Waals surface area (Å²) in [5.41, 5.74) is 1.28. The van der Waals surface area contributed by atoms with Crippen molar-refractivity contribution in [2.75, 3.05) is 18.5 Å². The second-order valence-electron chi connectivity index (χ2n) is 6.15. The molecule has 0 saturated heterocycles. The first kappa shape index (κ1) is 20.6. The van der Waals surface area contributed by atoms with Crippen LogP contribution in [0.3, 0.4) is 0 Å². The number of aromatic nitrogens is 2. The van der Waals surface area contributed by atoms with E-state index in [0.29, 0.717) is 11.3 Å². The molecule has 0 fully saturated rings. The molecule has 29 heavy (non-hydrogen) atoms. The molecule has 0 unspecified atom stereocenters. The monoisotopic (exact) mass is 413 g/mol. The van der Waals surface area contributed by atoms with Gasteiger partial charge in [0.15, 0.2) is 11.0 Å². The summed E-state index contributed by atoms with van der Waals surface area (Å²) in [6.07, 6.45) is 0. The number of rotatable bonds is 8. The minimum absolute atomic E-state index is 0.0420. The lowest BCUT2D eigenvalue weighted by Crippen LogP contribution is -2.30. The predicted molar refractivity (Wildman–Crippen MR) is 111 cm³/mol. The largest absolute Gasteiger partial charge is 0.459 e. The van der Waals surface area contributed by atoms with E-state index in [1.165, 1.54) is 4.57 Å².